The maximum absolute atomic E-state index is 12.2. The molecule has 0 saturated carbocycles. The normalized spacial score (nSPS) is 10.7. The van der Waals surface area contributed by atoms with Gasteiger partial charge in [-0.05, 0) is 12.1 Å². The van der Waals surface area contributed by atoms with Crippen LogP contribution in [0.2, 0.25) is 0 Å². The summed E-state index contributed by atoms with van der Waals surface area (Å²) in [4.78, 5) is 30.4. The summed E-state index contributed by atoms with van der Waals surface area (Å²) in [5.74, 6) is -0.458. The van der Waals surface area contributed by atoms with E-state index < -0.39 is 0 Å². The van der Waals surface area contributed by atoms with Crippen LogP contribution >= 0.6 is 11.3 Å². The van der Waals surface area contributed by atoms with Gasteiger partial charge < -0.3 is 10.7 Å². The Morgan fingerprint density at radius 1 is 1.38 bits per heavy atom. The van der Waals surface area contributed by atoms with Gasteiger partial charge in [0, 0.05) is 17.7 Å². The third kappa shape index (κ3) is 2.50. The minimum atomic E-state index is -0.324. The monoisotopic (exact) mass is 300 g/mol. The summed E-state index contributed by atoms with van der Waals surface area (Å²) < 4.78 is 0. The number of rotatable bonds is 3. The van der Waals surface area contributed by atoms with Crippen LogP contribution in [0.25, 0.3) is 10.9 Å². The van der Waals surface area contributed by atoms with Crippen LogP contribution in [-0.2, 0) is 0 Å². The molecule has 0 fully saturated rings. The van der Waals surface area contributed by atoms with Crippen molar-refractivity contribution in [1.82, 2.24) is 9.97 Å². The Kier molecular flexibility index (Phi) is 3.19. The number of carbonyl (C=O) groups is 2. The van der Waals surface area contributed by atoms with Crippen LogP contribution in [0.1, 0.15) is 27.9 Å². The van der Waals surface area contributed by atoms with Gasteiger partial charge in [0.15, 0.2) is 10.9 Å². The number of nitrogens with zero attached hydrogens (tertiary/aromatic N) is 1. The number of H-pyrrole nitrogens is 1. The molecule has 2 aromatic heterocycles. The summed E-state index contributed by atoms with van der Waals surface area (Å²) in [5, 5.41) is 5.52. The second-order valence-corrected chi connectivity index (χ2v) is 5.40. The van der Waals surface area contributed by atoms with Crippen molar-refractivity contribution in [3.8, 4) is 0 Å². The lowest BCUT2D eigenvalue weighted by Gasteiger charge is -1.98. The zero-order valence-electron chi connectivity index (χ0n) is 11.1. The highest BCUT2D eigenvalue weighted by Crippen LogP contribution is 2.22. The Balaban J connectivity index is 1.86. The number of aromatic amines is 1. The van der Waals surface area contributed by atoms with E-state index in [4.69, 9.17) is 5.73 Å². The van der Waals surface area contributed by atoms with E-state index in [1.807, 2.05) is 12.1 Å². The van der Waals surface area contributed by atoms with Gasteiger partial charge in [-0.25, -0.2) is 4.98 Å². The molecule has 6 nitrogen and oxygen atoms in total. The first-order valence-electron chi connectivity index (χ1n) is 6.19. The van der Waals surface area contributed by atoms with Gasteiger partial charge in [-0.15, -0.1) is 11.3 Å². The lowest BCUT2D eigenvalue weighted by Crippen LogP contribution is -2.12. The lowest BCUT2D eigenvalue weighted by molar-refractivity contribution is 0.100. The molecule has 1 aromatic carbocycles. The maximum atomic E-state index is 12.2. The van der Waals surface area contributed by atoms with Crippen LogP contribution in [0, 0.1) is 0 Å². The van der Waals surface area contributed by atoms with E-state index in [1.54, 1.807) is 17.5 Å². The predicted octanol–water partition coefficient (Wildman–Crippen LogP) is 2.66. The number of carbonyl (C=O) groups excluding carboxylic acids is 2. The Morgan fingerprint density at radius 2 is 2.19 bits per heavy atom. The molecule has 0 aliphatic heterocycles. The molecule has 4 N–H and O–H groups in total. The molecule has 0 saturated heterocycles. The molecule has 3 aromatic rings. The van der Waals surface area contributed by atoms with Gasteiger partial charge in [-0.2, -0.15) is 0 Å². The molecule has 0 aliphatic carbocycles. The van der Waals surface area contributed by atoms with Crippen LogP contribution < -0.4 is 11.1 Å². The molecule has 7 heteroatoms. The van der Waals surface area contributed by atoms with Crippen LogP contribution in [-0.4, -0.2) is 21.7 Å². The Morgan fingerprint density at radius 3 is 2.86 bits per heavy atom. The highest BCUT2D eigenvalue weighted by Gasteiger charge is 2.13. The number of benzene rings is 1. The number of nitrogens with one attached hydrogen (secondary N) is 2. The molecule has 0 bridgehead atoms. The first-order valence-corrected chi connectivity index (χ1v) is 7.07. The van der Waals surface area contributed by atoms with Crippen molar-refractivity contribution in [1.29, 1.82) is 0 Å². The van der Waals surface area contributed by atoms with Crippen molar-refractivity contribution in [3.05, 3.63) is 41.0 Å². The number of nitrogen functional groups attached to an aromatic ring is 1. The second kappa shape index (κ2) is 5.02. The number of hydrogen-bond acceptors (Lipinski definition) is 5. The number of fused-ring (bicyclic) bond motifs is 1. The molecule has 0 radical (unpaired) electrons. The number of aromatic nitrogens is 2. The number of Topliss-reactive ketones (excluding diaryl/α,β-unsaturated/α-hetero) is 1. The topological polar surface area (TPSA) is 101 Å². The van der Waals surface area contributed by atoms with Crippen molar-refractivity contribution in [2.24, 2.45) is 0 Å². The van der Waals surface area contributed by atoms with Gasteiger partial charge in [0.1, 0.15) is 11.4 Å². The largest absolute Gasteiger partial charge is 0.397 e. The van der Waals surface area contributed by atoms with Crippen molar-refractivity contribution >= 4 is 44.7 Å². The standard InChI is InChI=1S/C14H12N4O2S/c1-7(19)11-6-21-14(17-11)18-13(20)10-5-8-3-2-4-9(15)12(8)16-10/h2-6,16H,15H2,1H3,(H,17,18,20). The Hall–Kier alpha value is -2.67. The minimum Gasteiger partial charge on any atom is -0.397 e. The number of thiazole rings is 1. The zero-order chi connectivity index (χ0) is 15.0. The first-order chi connectivity index (χ1) is 10.0. The molecule has 0 atom stereocenters. The van der Waals surface area contributed by atoms with Crippen molar-refractivity contribution < 1.29 is 9.59 Å². The van der Waals surface area contributed by atoms with E-state index in [0.717, 1.165) is 10.9 Å². The van der Waals surface area contributed by atoms with Crippen LogP contribution in [0.5, 0.6) is 0 Å². The number of amides is 1. The van der Waals surface area contributed by atoms with E-state index in [-0.39, 0.29) is 11.7 Å². The van der Waals surface area contributed by atoms with E-state index >= 15 is 0 Å². The average Bonchev–Trinajstić information content (AvgIpc) is 3.05. The SMILES string of the molecule is CC(=O)c1csc(NC(=O)c2cc3cccc(N)c3[nH]2)n1. The Labute approximate surface area is 124 Å². The zero-order valence-corrected chi connectivity index (χ0v) is 12.0. The fourth-order valence-corrected chi connectivity index (χ4v) is 2.70. The van der Waals surface area contributed by atoms with Gasteiger partial charge in [0.2, 0.25) is 0 Å². The molecular formula is C14H12N4O2S. The lowest BCUT2D eigenvalue weighted by atomic mass is 10.2. The molecule has 0 unspecified atom stereocenters. The summed E-state index contributed by atoms with van der Waals surface area (Å²) in [5.41, 5.74) is 7.89. The fourth-order valence-electron chi connectivity index (χ4n) is 1.96. The second-order valence-electron chi connectivity index (χ2n) is 4.54. The molecule has 106 valence electrons. The number of hydrogen-bond donors (Lipinski definition) is 3. The molecule has 0 spiro atoms. The molecule has 3 rings (SSSR count). The smallest absolute Gasteiger partial charge is 0.273 e. The maximum Gasteiger partial charge on any atom is 0.273 e. The van der Waals surface area contributed by atoms with Gasteiger partial charge in [0.05, 0.1) is 11.2 Å². The summed E-state index contributed by atoms with van der Waals surface area (Å²) in [6.45, 7) is 1.43. The van der Waals surface area contributed by atoms with Crippen molar-refractivity contribution in [3.63, 3.8) is 0 Å². The van der Waals surface area contributed by atoms with Gasteiger partial charge in [0.25, 0.3) is 5.91 Å². The highest BCUT2D eigenvalue weighted by molar-refractivity contribution is 7.14. The predicted molar refractivity (Wildman–Crippen MR) is 82.8 cm³/mol. The summed E-state index contributed by atoms with van der Waals surface area (Å²) in [7, 11) is 0. The molecule has 2 heterocycles. The fraction of sp³-hybridized carbons (Fsp3) is 0.0714. The molecule has 0 aliphatic rings. The van der Waals surface area contributed by atoms with E-state index in [2.05, 4.69) is 15.3 Å². The first kappa shape index (κ1) is 13.3. The Bertz CT molecular complexity index is 850. The minimum absolute atomic E-state index is 0.134. The van der Waals surface area contributed by atoms with E-state index in [9.17, 15) is 9.59 Å². The van der Waals surface area contributed by atoms with Crippen LogP contribution in [0.3, 0.4) is 0 Å². The summed E-state index contributed by atoms with van der Waals surface area (Å²) >= 11 is 1.21. The van der Waals surface area contributed by atoms with Gasteiger partial charge in [-0.1, -0.05) is 12.1 Å². The third-order valence-electron chi connectivity index (χ3n) is 3.02. The van der Waals surface area contributed by atoms with Crippen LogP contribution in [0.4, 0.5) is 10.8 Å². The third-order valence-corrected chi connectivity index (χ3v) is 3.78. The van der Waals surface area contributed by atoms with Crippen molar-refractivity contribution in [2.45, 2.75) is 6.92 Å². The number of para-hydroxylation sites is 1. The van der Waals surface area contributed by atoms with Gasteiger partial charge >= 0.3 is 0 Å². The number of ketones is 1. The van der Waals surface area contributed by atoms with Crippen molar-refractivity contribution in [2.75, 3.05) is 11.1 Å². The van der Waals surface area contributed by atoms with Gasteiger partial charge in [-0.3, -0.25) is 14.9 Å². The molecule has 1 amide bonds. The summed E-state index contributed by atoms with van der Waals surface area (Å²) in [6, 6.07) is 7.18. The van der Waals surface area contributed by atoms with Crippen LogP contribution in [0.15, 0.2) is 29.6 Å². The average molecular weight is 300 g/mol. The quantitative estimate of drug-likeness (QED) is 0.511. The number of nitrogens with two attached hydrogens (primary N) is 1. The molecule has 21 heavy (non-hydrogen) atoms. The van der Waals surface area contributed by atoms with E-state index in [1.165, 1.54) is 18.3 Å². The van der Waals surface area contributed by atoms with E-state index in [0.29, 0.717) is 22.2 Å². The summed E-state index contributed by atoms with van der Waals surface area (Å²) in [6.07, 6.45) is 0. The highest BCUT2D eigenvalue weighted by atomic mass is 32.1. The number of anilines is 2. The molecular weight excluding hydrogens is 288 g/mol.